The molecule has 3 heteroatoms. The lowest BCUT2D eigenvalue weighted by atomic mass is 9.90. The standard InChI is InChI=1S/C13H17ClO2/c1-13(2,10-15)8-3-9-16-12-6-4-11(14)5-7-12/h4-7,10H,3,8-9H2,1-2H3. The molecule has 0 heterocycles. The van der Waals surface area contributed by atoms with Gasteiger partial charge in [0.25, 0.3) is 0 Å². The summed E-state index contributed by atoms with van der Waals surface area (Å²) in [7, 11) is 0. The predicted octanol–water partition coefficient (Wildman–Crippen LogP) is 3.72. The average molecular weight is 241 g/mol. The van der Waals surface area contributed by atoms with E-state index in [0.717, 1.165) is 24.9 Å². The minimum atomic E-state index is -0.247. The molecular weight excluding hydrogens is 224 g/mol. The molecule has 0 N–H and O–H groups in total. The second-order valence-electron chi connectivity index (χ2n) is 4.51. The van der Waals surface area contributed by atoms with E-state index in [1.165, 1.54) is 0 Å². The van der Waals surface area contributed by atoms with Crippen molar-refractivity contribution in [1.29, 1.82) is 0 Å². The van der Waals surface area contributed by atoms with Crippen LogP contribution in [0.4, 0.5) is 0 Å². The van der Waals surface area contributed by atoms with Crippen molar-refractivity contribution < 1.29 is 9.53 Å². The first-order chi connectivity index (χ1) is 7.53. The molecule has 0 aliphatic rings. The summed E-state index contributed by atoms with van der Waals surface area (Å²) in [6.07, 6.45) is 2.70. The molecule has 2 nitrogen and oxygen atoms in total. The van der Waals surface area contributed by atoms with Crippen molar-refractivity contribution in [2.45, 2.75) is 26.7 Å². The van der Waals surface area contributed by atoms with Gasteiger partial charge in [-0.05, 0) is 37.1 Å². The van der Waals surface area contributed by atoms with Crippen LogP contribution in [0.25, 0.3) is 0 Å². The van der Waals surface area contributed by atoms with Crippen molar-refractivity contribution >= 4 is 17.9 Å². The third-order valence-corrected chi connectivity index (χ3v) is 2.62. The predicted molar refractivity (Wildman–Crippen MR) is 66.0 cm³/mol. The Hall–Kier alpha value is -1.02. The number of carbonyl (C=O) groups is 1. The first kappa shape index (κ1) is 13.0. The number of rotatable bonds is 6. The molecule has 0 fully saturated rings. The molecule has 1 aromatic rings. The zero-order chi connectivity index (χ0) is 12.0. The summed E-state index contributed by atoms with van der Waals surface area (Å²) in [5.74, 6) is 0.813. The van der Waals surface area contributed by atoms with Gasteiger partial charge in [0, 0.05) is 10.4 Å². The van der Waals surface area contributed by atoms with E-state index in [1.807, 2.05) is 26.0 Å². The van der Waals surface area contributed by atoms with Gasteiger partial charge in [0.1, 0.15) is 12.0 Å². The van der Waals surface area contributed by atoms with Crippen LogP contribution < -0.4 is 4.74 Å². The molecule has 0 amide bonds. The highest BCUT2D eigenvalue weighted by Gasteiger charge is 2.15. The molecule has 0 bridgehead atoms. The number of hydrogen-bond acceptors (Lipinski definition) is 2. The number of carbonyl (C=O) groups excluding carboxylic acids is 1. The van der Waals surface area contributed by atoms with Gasteiger partial charge in [-0.2, -0.15) is 0 Å². The van der Waals surface area contributed by atoms with E-state index in [0.29, 0.717) is 11.6 Å². The first-order valence-corrected chi connectivity index (χ1v) is 5.76. The van der Waals surface area contributed by atoms with Crippen LogP contribution in [0.3, 0.4) is 0 Å². The summed E-state index contributed by atoms with van der Waals surface area (Å²) < 4.78 is 5.53. The molecular formula is C13H17ClO2. The highest BCUT2D eigenvalue weighted by molar-refractivity contribution is 6.30. The summed E-state index contributed by atoms with van der Waals surface area (Å²) in [5.41, 5.74) is -0.247. The summed E-state index contributed by atoms with van der Waals surface area (Å²) in [4.78, 5) is 10.7. The van der Waals surface area contributed by atoms with Gasteiger partial charge in [0.15, 0.2) is 0 Å². The molecule has 0 aliphatic heterocycles. The van der Waals surface area contributed by atoms with Crippen LogP contribution in [-0.2, 0) is 4.79 Å². The Morgan fingerprint density at radius 3 is 2.50 bits per heavy atom. The van der Waals surface area contributed by atoms with Gasteiger partial charge in [0.05, 0.1) is 6.61 Å². The number of ether oxygens (including phenoxy) is 1. The van der Waals surface area contributed by atoms with Crippen molar-refractivity contribution in [1.82, 2.24) is 0 Å². The zero-order valence-corrected chi connectivity index (χ0v) is 10.5. The molecule has 16 heavy (non-hydrogen) atoms. The van der Waals surface area contributed by atoms with Crippen LogP contribution in [0.2, 0.25) is 5.02 Å². The third-order valence-electron chi connectivity index (χ3n) is 2.37. The molecule has 1 aromatic carbocycles. The van der Waals surface area contributed by atoms with Crippen LogP contribution in [0, 0.1) is 5.41 Å². The maximum atomic E-state index is 10.7. The Labute approximate surface area is 102 Å². The van der Waals surface area contributed by atoms with Gasteiger partial charge in [-0.15, -0.1) is 0 Å². The van der Waals surface area contributed by atoms with Gasteiger partial charge >= 0.3 is 0 Å². The molecule has 88 valence electrons. The summed E-state index contributed by atoms with van der Waals surface area (Å²) in [5, 5.41) is 0.703. The largest absolute Gasteiger partial charge is 0.494 e. The van der Waals surface area contributed by atoms with Crippen LogP contribution in [0.5, 0.6) is 5.75 Å². The number of benzene rings is 1. The Morgan fingerprint density at radius 2 is 1.94 bits per heavy atom. The fraction of sp³-hybridized carbons (Fsp3) is 0.462. The van der Waals surface area contributed by atoms with Gasteiger partial charge in [-0.25, -0.2) is 0 Å². The van der Waals surface area contributed by atoms with Crippen LogP contribution in [-0.4, -0.2) is 12.9 Å². The van der Waals surface area contributed by atoms with Crippen molar-refractivity contribution in [2.75, 3.05) is 6.61 Å². The maximum Gasteiger partial charge on any atom is 0.125 e. The van der Waals surface area contributed by atoms with Crippen molar-refractivity contribution in [3.8, 4) is 5.75 Å². The quantitative estimate of drug-likeness (QED) is 0.560. The van der Waals surface area contributed by atoms with Gasteiger partial charge < -0.3 is 9.53 Å². The number of halogens is 1. The second-order valence-corrected chi connectivity index (χ2v) is 4.95. The van der Waals surface area contributed by atoms with E-state index < -0.39 is 0 Å². The number of hydrogen-bond donors (Lipinski definition) is 0. The van der Waals surface area contributed by atoms with Gasteiger partial charge in [-0.3, -0.25) is 0 Å². The Morgan fingerprint density at radius 1 is 1.31 bits per heavy atom. The maximum absolute atomic E-state index is 10.7. The van der Waals surface area contributed by atoms with E-state index in [2.05, 4.69) is 0 Å². The van der Waals surface area contributed by atoms with E-state index in [9.17, 15) is 4.79 Å². The molecule has 0 saturated carbocycles. The Balaban J connectivity index is 2.26. The topological polar surface area (TPSA) is 26.3 Å². The Kier molecular flexibility index (Phi) is 4.81. The monoisotopic (exact) mass is 240 g/mol. The Bertz CT molecular complexity index is 330. The lowest BCUT2D eigenvalue weighted by molar-refractivity contribution is -0.115. The molecule has 0 spiro atoms. The first-order valence-electron chi connectivity index (χ1n) is 5.38. The van der Waals surface area contributed by atoms with Crippen molar-refractivity contribution in [3.63, 3.8) is 0 Å². The SMILES string of the molecule is CC(C)(C=O)CCCOc1ccc(Cl)cc1. The molecule has 0 aliphatic carbocycles. The minimum absolute atomic E-state index is 0.247. The smallest absolute Gasteiger partial charge is 0.125 e. The lowest BCUT2D eigenvalue weighted by Crippen LogP contribution is -2.14. The van der Waals surface area contributed by atoms with Crippen molar-refractivity contribution in [2.24, 2.45) is 5.41 Å². The summed E-state index contributed by atoms with van der Waals surface area (Å²) in [6, 6.07) is 7.28. The second kappa shape index (κ2) is 5.90. The third kappa shape index (κ3) is 4.67. The highest BCUT2D eigenvalue weighted by Crippen LogP contribution is 2.20. The van der Waals surface area contributed by atoms with Crippen LogP contribution in [0.1, 0.15) is 26.7 Å². The number of aldehydes is 1. The zero-order valence-electron chi connectivity index (χ0n) is 9.70. The molecule has 0 radical (unpaired) electrons. The summed E-state index contributed by atoms with van der Waals surface area (Å²) in [6.45, 7) is 4.49. The molecule has 0 aromatic heterocycles. The van der Waals surface area contributed by atoms with E-state index in [-0.39, 0.29) is 5.41 Å². The normalized spacial score (nSPS) is 11.2. The molecule has 0 unspecified atom stereocenters. The average Bonchev–Trinajstić information content (AvgIpc) is 2.27. The minimum Gasteiger partial charge on any atom is -0.494 e. The van der Waals surface area contributed by atoms with Gasteiger partial charge in [-0.1, -0.05) is 25.4 Å². The van der Waals surface area contributed by atoms with Gasteiger partial charge in [0.2, 0.25) is 0 Å². The highest BCUT2D eigenvalue weighted by atomic mass is 35.5. The fourth-order valence-corrected chi connectivity index (χ4v) is 1.43. The molecule has 0 atom stereocenters. The fourth-order valence-electron chi connectivity index (χ4n) is 1.31. The lowest BCUT2D eigenvalue weighted by Gasteiger charge is -2.16. The van der Waals surface area contributed by atoms with Crippen LogP contribution >= 0.6 is 11.6 Å². The summed E-state index contributed by atoms with van der Waals surface area (Å²) >= 11 is 5.76. The molecule has 1 rings (SSSR count). The van der Waals surface area contributed by atoms with Crippen molar-refractivity contribution in [3.05, 3.63) is 29.3 Å². The van der Waals surface area contributed by atoms with E-state index in [4.69, 9.17) is 16.3 Å². The van der Waals surface area contributed by atoms with E-state index in [1.54, 1.807) is 12.1 Å². The van der Waals surface area contributed by atoms with Crippen LogP contribution in [0.15, 0.2) is 24.3 Å². The van der Waals surface area contributed by atoms with E-state index >= 15 is 0 Å². The molecule has 0 saturated heterocycles.